The molecule has 0 aromatic heterocycles. The maximum atomic E-state index is 12.6. The number of benzene rings is 3. The highest BCUT2D eigenvalue weighted by Crippen LogP contribution is 2.32. The Balaban J connectivity index is 1.48. The Hall–Kier alpha value is -3.60. The second-order valence-electron chi connectivity index (χ2n) is 6.90. The minimum Gasteiger partial charge on any atom is -0.482 e. The van der Waals surface area contributed by atoms with Crippen LogP contribution in [0.2, 0.25) is 0 Å². The lowest BCUT2D eigenvalue weighted by Crippen LogP contribution is -2.38. The van der Waals surface area contributed by atoms with Crippen molar-refractivity contribution >= 4 is 23.2 Å². The van der Waals surface area contributed by atoms with Gasteiger partial charge in [-0.15, -0.1) is 0 Å². The molecular formula is C24H22N2O3. The first kappa shape index (κ1) is 18.7. The molecule has 3 aromatic rings. The third-order valence-electron chi connectivity index (χ3n) is 5.01. The van der Waals surface area contributed by atoms with Crippen molar-refractivity contribution in [1.82, 2.24) is 0 Å². The quantitative estimate of drug-likeness (QED) is 0.706. The van der Waals surface area contributed by atoms with E-state index in [1.807, 2.05) is 60.7 Å². The molecule has 0 unspecified atom stereocenters. The van der Waals surface area contributed by atoms with Crippen LogP contribution in [0.5, 0.6) is 5.75 Å². The van der Waals surface area contributed by atoms with Crippen LogP contribution < -0.4 is 15.0 Å². The Morgan fingerprint density at radius 2 is 1.72 bits per heavy atom. The predicted molar refractivity (Wildman–Crippen MR) is 113 cm³/mol. The highest BCUT2D eigenvalue weighted by molar-refractivity contribution is 6.04. The van der Waals surface area contributed by atoms with Gasteiger partial charge >= 0.3 is 0 Å². The lowest BCUT2D eigenvalue weighted by Gasteiger charge is -2.29. The molecule has 0 fully saturated rings. The first-order chi connectivity index (χ1) is 14.2. The number of rotatable bonds is 5. The lowest BCUT2D eigenvalue weighted by atomic mass is 10.1. The van der Waals surface area contributed by atoms with Crippen LogP contribution in [0.25, 0.3) is 0 Å². The molecule has 1 aliphatic rings. The smallest absolute Gasteiger partial charge is 0.265 e. The number of nitrogens with one attached hydrogen (secondary N) is 1. The number of carbonyl (C=O) groups is 2. The van der Waals surface area contributed by atoms with Gasteiger partial charge in [-0.3, -0.25) is 9.59 Å². The first-order valence-corrected chi connectivity index (χ1v) is 9.66. The summed E-state index contributed by atoms with van der Waals surface area (Å²) in [6.07, 6.45) is 0.852. The third kappa shape index (κ3) is 3.99. The first-order valence-electron chi connectivity index (χ1n) is 9.66. The zero-order valence-corrected chi connectivity index (χ0v) is 16.2. The average Bonchev–Trinajstić information content (AvgIpc) is 2.76. The number of hydrogen-bond acceptors (Lipinski definition) is 3. The summed E-state index contributed by atoms with van der Waals surface area (Å²) in [7, 11) is 0. The predicted octanol–water partition coefficient (Wildman–Crippen LogP) is 4.43. The minimum atomic E-state index is -0.148. The van der Waals surface area contributed by atoms with Crippen molar-refractivity contribution in [2.45, 2.75) is 19.9 Å². The van der Waals surface area contributed by atoms with E-state index in [2.05, 4.69) is 12.2 Å². The molecule has 5 nitrogen and oxygen atoms in total. The number of carbonyl (C=O) groups excluding carboxylic acids is 2. The fourth-order valence-electron chi connectivity index (χ4n) is 3.42. The van der Waals surface area contributed by atoms with Crippen LogP contribution in [0, 0.1) is 0 Å². The molecule has 1 heterocycles. The molecule has 0 saturated carbocycles. The number of hydrogen-bond donors (Lipinski definition) is 1. The van der Waals surface area contributed by atoms with E-state index in [0.717, 1.165) is 28.9 Å². The van der Waals surface area contributed by atoms with Gasteiger partial charge < -0.3 is 15.0 Å². The molecule has 0 spiro atoms. The fraction of sp³-hybridized carbons (Fsp3) is 0.167. The van der Waals surface area contributed by atoms with E-state index in [0.29, 0.717) is 17.9 Å². The molecule has 29 heavy (non-hydrogen) atoms. The molecule has 146 valence electrons. The van der Waals surface area contributed by atoms with E-state index in [-0.39, 0.29) is 18.4 Å². The van der Waals surface area contributed by atoms with Gasteiger partial charge in [-0.2, -0.15) is 0 Å². The van der Waals surface area contributed by atoms with Crippen molar-refractivity contribution in [3.8, 4) is 5.75 Å². The van der Waals surface area contributed by atoms with Gasteiger partial charge in [0.25, 0.3) is 11.8 Å². The highest BCUT2D eigenvalue weighted by Gasteiger charge is 2.25. The molecule has 0 radical (unpaired) electrons. The number of anilines is 2. The number of ether oxygens (including phenoxy) is 1. The number of para-hydroxylation sites is 3. The van der Waals surface area contributed by atoms with Gasteiger partial charge in [0.15, 0.2) is 6.61 Å². The topological polar surface area (TPSA) is 58.6 Å². The number of nitrogens with zero attached hydrogens (tertiary/aromatic N) is 1. The molecular weight excluding hydrogens is 364 g/mol. The minimum absolute atomic E-state index is 0.0361. The van der Waals surface area contributed by atoms with Crippen molar-refractivity contribution in [2.75, 3.05) is 16.8 Å². The molecule has 2 amide bonds. The summed E-state index contributed by atoms with van der Waals surface area (Å²) in [5.74, 6) is 0.477. The van der Waals surface area contributed by atoms with Gasteiger partial charge in [-0.05, 0) is 47.9 Å². The molecule has 0 saturated heterocycles. The van der Waals surface area contributed by atoms with Crippen molar-refractivity contribution in [3.05, 3.63) is 89.5 Å². The average molecular weight is 386 g/mol. The van der Waals surface area contributed by atoms with E-state index in [4.69, 9.17) is 4.74 Å². The van der Waals surface area contributed by atoms with E-state index >= 15 is 0 Å². The number of aryl methyl sites for hydroxylation is 1. The molecule has 0 bridgehead atoms. The largest absolute Gasteiger partial charge is 0.482 e. The summed E-state index contributed by atoms with van der Waals surface area (Å²) >= 11 is 0. The molecule has 4 rings (SSSR count). The highest BCUT2D eigenvalue weighted by atomic mass is 16.5. The molecule has 0 aliphatic carbocycles. The van der Waals surface area contributed by atoms with Crippen molar-refractivity contribution in [2.24, 2.45) is 0 Å². The van der Waals surface area contributed by atoms with Crippen molar-refractivity contribution < 1.29 is 14.3 Å². The van der Waals surface area contributed by atoms with E-state index < -0.39 is 0 Å². The summed E-state index contributed by atoms with van der Waals surface area (Å²) in [6.45, 7) is 2.53. The fourth-order valence-corrected chi connectivity index (χ4v) is 3.42. The summed E-state index contributed by atoms with van der Waals surface area (Å²) in [6, 6.07) is 22.6. The van der Waals surface area contributed by atoms with Crippen molar-refractivity contribution in [3.63, 3.8) is 0 Å². The number of fused-ring (bicyclic) bond motifs is 1. The van der Waals surface area contributed by atoms with Gasteiger partial charge in [0.2, 0.25) is 0 Å². The van der Waals surface area contributed by atoms with E-state index in [9.17, 15) is 9.59 Å². The lowest BCUT2D eigenvalue weighted by molar-refractivity contribution is -0.121. The van der Waals surface area contributed by atoms with Crippen LogP contribution in [0.4, 0.5) is 11.4 Å². The zero-order chi connectivity index (χ0) is 20.2. The standard InChI is InChI=1S/C24H22N2O3/c1-2-18-7-3-4-8-20(18)25-24(28)19-13-11-17(12-14-19)15-26-21-9-5-6-10-22(21)29-16-23(26)27/h3-14H,2,15-16H2,1H3,(H,25,28). The van der Waals surface area contributed by atoms with Crippen LogP contribution in [0.1, 0.15) is 28.4 Å². The Morgan fingerprint density at radius 1 is 1.00 bits per heavy atom. The second-order valence-corrected chi connectivity index (χ2v) is 6.90. The van der Waals surface area contributed by atoms with Crippen LogP contribution in [0.3, 0.4) is 0 Å². The van der Waals surface area contributed by atoms with Gasteiger partial charge in [0.1, 0.15) is 5.75 Å². The summed E-state index contributed by atoms with van der Waals surface area (Å²) in [4.78, 5) is 26.7. The molecule has 1 N–H and O–H groups in total. The van der Waals surface area contributed by atoms with E-state index in [1.54, 1.807) is 17.0 Å². The van der Waals surface area contributed by atoms with Gasteiger partial charge in [-0.1, -0.05) is 49.4 Å². The Morgan fingerprint density at radius 3 is 2.52 bits per heavy atom. The molecule has 3 aromatic carbocycles. The van der Waals surface area contributed by atoms with Crippen LogP contribution >= 0.6 is 0 Å². The van der Waals surface area contributed by atoms with Gasteiger partial charge in [-0.25, -0.2) is 0 Å². The van der Waals surface area contributed by atoms with Crippen LogP contribution in [-0.2, 0) is 17.8 Å². The van der Waals surface area contributed by atoms with Crippen LogP contribution in [0.15, 0.2) is 72.8 Å². The summed E-state index contributed by atoms with van der Waals surface area (Å²) in [5, 5.41) is 2.98. The Kier molecular flexibility index (Phi) is 5.29. The number of amides is 2. The zero-order valence-electron chi connectivity index (χ0n) is 16.2. The Bertz CT molecular complexity index is 1040. The maximum absolute atomic E-state index is 12.6. The van der Waals surface area contributed by atoms with Gasteiger partial charge in [0.05, 0.1) is 12.2 Å². The molecule has 0 atom stereocenters. The van der Waals surface area contributed by atoms with E-state index in [1.165, 1.54) is 0 Å². The third-order valence-corrected chi connectivity index (χ3v) is 5.01. The Labute approximate surface area is 169 Å². The monoisotopic (exact) mass is 386 g/mol. The second kappa shape index (κ2) is 8.19. The normalized spacial score (nSPS) is 12.9. The SMILES string of the molecule is CCc1ccccc1NC(=O)c1ccc(CN2C(=O)COc3ccccc32)cc1. The molecule has 1 aliphatic heterocycles. The van der Waals surface area contributed by atoms with Crippen molar-refractivity contribution in [1.29, 1.82) is 0 Å². The van der Waals surface area contributed by atoms with Gasteiger partial charge in [0, 0.05) is 11.3 Å². The molecule has 5 heteroatoms. The summed E-state index contributed by atoms with van der Waals surface area (Å²) < 4.78 is 5.49. The summed E-state index contributed by atoms with van der Waals surface area (Å²) in [5.41, 5.74) is 4.22. The van der Waals surface area contributed by atoms with Crippen LogP contribution in [-0.4, -0.2) is 18.4 Å². The maximum Gasteiger partial charge on any atom is 0.265 e.